The summed E-state index contributed by atoms with van der Waals surface area (Å²) < 4.78 is 0. The van der Waals surface area contributed by atoms with Crippen LogP contribution in [0, 0.1) is 0 Å². The second-order valence-electron chi connectivity index (χ2n) is 5.52. The third-order valence-corrected chi connectivity index (χ3v) is 4.08. The monoisotopic (exact) mass is 278 g/mol. The Bertz CT molecular complexity index is 568. The Balaban J connectivity index is 0.000000225. The number of hydrogen-bond donors (Lipinski definition) is 0. The van der Waals surface area contributed by atoms with Gasteiger partial charge in [0.1, 0.15) is 0 Å². The zero-order valence-corrected chi connectivity index (χ0v) is 12.0. The van der Waals surface area contributed by atoms with E-state index in [-0.39, 0.29) is 11.6 Å². The van der Waals surface area contributed by atoms with Crippen LogP contribution in [0.2, 0.25) is 0 Å². The molecule has 1 fully saturated rings. The van der Waals surface area contributed by atoms with E-state index in [0.717, 1.165) is 0 Å². The van der Waals surface area contributed by atoms with E-state index in [2.05, 4.69) is 0 Å². The van der Waals surface area contributed by atoms with E-state index in [4.69, 9.17) is 0 Å². The lowest BCUT2D eigenvalue weighted by Crippen LogP contribution is -2.20. The number of hydrogen-bond acceptors (Lipinski definition) is 2. The van der Waals surface area contributed by atoms with E-state index >= 15 is 0 Å². The number of carbonyl (C=O) groups excluding carboxylic acids is 2. The molecule has 0 saturated heterocycles. The SMILES string of the molecule is C1CCCC1.O=C1c2ccccc2C(=O)c2ccccc21. The Morgan fingerprint density at radius 3 is 0.952 bits per heavy atom. The summed E-state index contributed by atoms with van der Waals surface area (Å²) in [6, 6.07) is 13.9. The van der Waals surface area contributed by atoms with Crippen molar-refractivity contribution >= 4 is 11.6 Å². The lowest BCUT2D eigenvalue weighted by atomic mass is 9.84. The van der Waals surface area contributed by atoms with Gasteiger partial charge in [0.05, 0.1) is 0 Å². The summed E-state index contributed by atoms with van der Waals surface area (Å²) in [6.45, 7) is 0. The predicted molar refractivity (Wildman–Crippen MR) is 82.8 cm³/mol. The maximum atomic E-state index is 12.1. The summed E-state index contributed by atoms with van der Waals surface area (Å²) >= 11 is 0. The molecule has 2 heteroatoms. The summed E-state index contributed by atoms with van der Waals surface area (Å²) in [7, 11) is 0. The smallest absolute Gasteiger partial charge is 0.194 e. The number of fused-ring (bicyclic) bond motifs is 2. The van der Waals surface area contributed by atoms with Gasteiger partial charge in [-0.25, -0.2) is 0 Å². The molecule has 2 aliphatic rings. The quantitative estimate of drug-likeness (QED) is 0.610. The lowest BCUT2D eigenvalue weighted by Gasteiger charge is -2.16. The van der Waals surface area contributed by atoms with Crippen molar-refractivity contribution in [2.75, 3.05) is 0 Å². The maximum Gasteiger partial charge on any atom is 0.194 e. The van der Waals surface area contributed by atoms with Crippen LogP contribution in [0.15, 0.2) is 48.5 Å². The molecule has 0 atom stereocenters. The van der Waals surface area contributed by atoms with Gasteiger partial charge in [0.25, 0.3) is 0 Å². The molecule has 2 aromatic rings. The largest absolute Gasteiger partial charge is 0.289 e. The molecule has 1 saturated carbocycles. The summed E-state index contributed by atoms with van der Waals surface area (Å²) in [5.41, 5.74) is 2.02. The molecule has 0 spiro atoms. The van der Waals surface area contributed by atoms with Crippen molar-refractivity contribution in [1.29, 1.82) is 0 Å². The number of rotatable bonds is 0. The van der Waals surface area contributed by atoms with Crippen molar-refractivity contribution in [3.8, 4) is 0 Å². The molecule has 0 amide bonds. The van der Waals surface area contributed by atoms with Gasteiger partial charge < -0.3 is 0 Å². The first kappa shape index (κ1) is 13.7. The Labute approximate surface area is 124 Å². The fourth-order valence-corrected chi connectivity index (χ4v) is 2.93. The molecule has 0 N–H and O–H groups in total. The van der Waals surface area contributed by atoms with Crippen molar-refractivity contribution < 1.29 is 9.59 Å². The second kappa shape index (κ2) is 6.04. The van der Waals surface area contributed by atoms with Crippen LogP contribution in [0.3, 0.4) is 0 Å². The van der Waals surface area contributed by atoms with Crippen molar-refractivity contribution in [2.45, 2.75) is 32.1 Å². The third kappa shape index (κ3) is 2.66. The van der Waals surface area contributed by atoms with E-state index in [1.165, 1.54) is 32.1 Å². The fraction of sp³-hybridized carbons (Fsp3) is 0.263. The van der Waals surface area contributed by atoms with Crippen LogP contribution < -0.4 is 0 Å². The van der Waals surface area contributed by atoms with Crippen LogP contribution in [0.25, 0.3) is 0 Å². The highest BCUT2D eigenvalue weighted by molar-refractivity contribution is 6.28. The normalized spacial score (nSPS) is 15.8. The summed E-state index contributed by atoms with van der Waals surface area (Å²) in [4.78, 5) is 24.2. The molecule has 2 aromatic carbocycles. The van der Waals surface area contributed by atoms with Gasteiger partial charge in [-0.15, -0.1) is 0 Å². The molecule has 0 heterocycles. The lowest BCUT2D eigenvalue weighted by molar-refractivity contribution is 0.0979. The van der Waals surface area contributed by atoms with Crippen molar-refractivity contribution in [3.63, 3.8) is 0 Å². The highest BCUT2D eigenvalue weighted by Gasteiger charge is 2.28. The molecule has 2 nitrogen and oxygen atoms in total. The number of benzene rings is 2. The highest BCUT2D eigenvalue weighted by Crippen LogP contribution is 2.26. The molecule has 0 bridgehead atoms. The molecule has 21 heavy (non-hydrogen) atoms. The zero-order valence-electron chi connectivity index (χ0n) is 12.0. The van der Waals surface area contributed by atoms with Crippen LogP contribution in [0.5, 0.6) is 0 Å². The molecule has 0 unspecified atom stereocenters. The first-order chi connectivity index (χ1) is 10.3. The summed E-state index contributed by atoms with van der Waals surface area (Å²) in [5.74, 6) is -0.128. The molecule has 0 radical (unpaired) electrons. The summed E-state index contributed by atoms with van der Waals surface area (Å²) in [5, 5.41) is 0. The minimum Gasteiger partial charge on any atom is -0.289 e. The topological polar surface area (TPSA) is 34.1 Å². The average molecular weight is 278 g/mol. The van der Waals surface area contributed by atoms with Crippen molar-refractivity contribution in [3.05, 3.63) is 70.8 Å². The molecule has 0 aliphatic heterocycles. The highest BCUT2D eigenvalue weighted by atomic mass is 16.1. The van der Waals surface area contributed by atoms with Crippen LogP contribution in [0.4, 0.5) is 0 Å². The van der Waals surface area contributed by atoms with E-state index in [1.54, 1.807) is 48.5 Å². The van der Waals surface area contributed by atoms with Crippen molar-refractivity contribution in [1.82, 2.24) is 0 Å². The first-order valence-electron chi connectivity index (χ1n) is 7.56. The van der Waals surface area contributed by atoms with Gasteiger partial charge in [-0.2, -0.15) is 0 Å². The Morgan fingerprint density at radius 2 is 0.714 bits per heavy atom. The number of carbonyl (C=O) groups is 2. The van der Waals surface area contributed by atoms with E-state index in [1.807, 2.05) is 0 Å². The van der Waals surface area contributed by atoms with Gasteiger partial charge in [-0.3, -0.25) is 9.59 Å². The van der Waals surface area contributed by atoms with Crippen LogP contribution >= 0.6 is 0 Å². The first-order valence-corrected chi connectivity index (χ1v) is 7.56. The van der Waals surface area contributed by atoms with Crippen LogP contribution in [-0.4, -0.2) is 11.6 Å². The van der Waals surface area contributed by atoms with Gasteiger partial charge in [-0.05, 0) is 0 Å². The number of ketones is 2. The average Bonchev–Trinajstić information content (AvgIpc) is 3.12. The Kier molecular flexibility index (Phi) is 3.96. The maximum absolute atomic E-state index is 12.1. The van der Waals surface area contributed by atoms with E-state index in [9.17, 15) is 9.59 Å². The molecule has 4 rings (SSSR count). The van der Waals surface area contributed by atoms with Gasteiger partial charge in [0.2, 0.25) is 0 Å². The standard InChI is InChI=1S/C14H8O2.C5H10/c15-13-9-5-1-2-6-10(9)14(16)12-8-4-3-7-11(12)13;1-2-4-5-3-1/h1-8H;1-5H2. The molecule has 106 valence electrons. The second-order valence-corrected chi connectivity index (χ2v) is 5.52. The van der Waals surface area contributed by atoms with Crippen LogP contribution in [0.1, 0.15) is 63.9 Å². The molecular formula is C19H18O2. The fourth-order valence-electron chi connectivity index (χ4n) is 2.93. The zero-order chi connectivity index (χ0) is 14.7. The van der Waals surface area contributed by atoms with Gasteiger partial charge >= 0.3 is 0 Å². The summed E-state index contributed by atoms with van der Waals surface area (Å²) in [6.07, 6.45) is 7.50. The predicted octanol–water partition coefficient (Wildman–Crippen LogP) is 4.41. The molecular weight excluding hydrogens is 260 g/mol. The van der Waals surface area contributed by atoms with Crippen LogP contribution in [-0.2, 0) is 0 Å². The molecule has 0 aromatic heterocycles. The van der Waals surface area contributed by atoms with Gasteiger partial charge in [0.15, 0.2) is 11.6 Å². The third-order valence-electron chi connectivity index (χ3n) is 4.08. The molecule has 2 aliphatic carbocycles. The van der Waals surface area contributed by atoms with E-state index < -0.39 is 0 Å². The minimum atomic E-state index is -0.0641. The Hall–Kier alpha value is -2.22. The Morgan fingerprint density at radius 1 is 0.476 bits per heavy atom. The minimum absolute atomic E-state index is 0.0641. The van der Waals surface area contributed by atoms with Gasteiger partial charge in [0, 0.05) is 22.3 Å². The van der Waals surface area contributed by atoms with Gasteiger partial charge in [-0.1, -0.05) is 80.6 Å². The van der Waals surface area contributed by atoms with Crippen molar-refractivity contribution in [2.24, 2.45) is 0 Å². The van der Waals surface area contributed by atoms with E-state index in [0.29, 0.717) is 22.3 Å².